The van der Waals surface area contributed by atoms with Gasteiger partial charge in [-0.25, -0.2) is 0 Å². The van der Waals surface area contributed by atoms with Crippen molar-refractivity contribution in [2.45, 2.75) is 11.7 Å². The van der Waals surface area contributed by atoms with Gasteiger partial charge in [-0.1, -0.05) is 30.3 Å². The van der Waals surface area contributed by atoms with Crippen LogP contribution in [0.4, 0.5) is 5.69 Å². The van der Waals surface area contributed by atoms with Crippen molar-refractivity contribution < 1.29 is 9.72 Å². The van der Waals surface area contributed by atoms with Gasteiger partial charge in [-0.05, 0) is 35.8 Å². The van der Waals surface area contributed by atoms with Crippen LogP contribution in [-0.4, -0.2) is 34.6 Å². The zero-order valence-corrected chi connectivity index (χ0v) is 15.1. The fourth-order valence-electron chi connectivity index (χ4n) is 2.90. The summed E-state index contributed by atoms with van der Waals surface area (Å²) in [6.45, 7) is 1.47. The summed E-state index contributed by atoms with van der Waals surface area (Å²) in [6, 6.07) is 16.6. The second-order valence-corrected chi connectivity index (χ2v) is 7.38. The largest absolute Gasteiger partial charge is 0.338 e. The number of nitro benzene ring substituents is 1. The number of benzene rings is 2. The Morgan fingerprint density at radius 2 is 1.85 bits per heavy atom. The molecular weight excluding hydrogens is 348 g/mol. The molecule has 1 aliphatic rings. The number of rotatable bonds is 4. The van der Waals surface area contributed by atoms with Crippen LogP contribution >= 0.6 is 11.8 Å². The van der Waals surface area contributed by atoms with Gasteiger partial charge < -0.3 is 4.90 Å². The van der Waals surface area contributed by atoms with Crippen LogP contribution in [0.25, 0.3) is 6.08 Å². The van der Waals surface area contributed by atoms with Gasteiger partial charge in [-0.2, -0.15) is 11.8 Å². The topological polar surface area (TPSA) is 63.4 Å². The number of thioether (sulfide) groups is 1. The predicted molar refractivity (Wildman–Crippen MR) is 105 cm³/mol. The van der Waals surface area contributed by atoms with Crippen molar-refractivity contribution in [3.05, 3.63) is 81.9 Å². The van der Waals surface area contributed by atoms with E-state index in [0.29, 0.717) is 5.25 Å². The molecule has 0 aliphatic carbocycles. The van der Waals surface area contributed by atoms with Crippen LogP contribution in [-0.2, 0) is 4.79 Å². The lowest BCUT2D eigenvalue weighted by atomic mass is 10.1. The highest BCUT2D eigenvalue weighted by molar-refractivity contribution is 7.99. The van der Waals surface area contributed by atoms with E-state index in [-0.39, 0.29) is 11.6 Å². The maximum Gasteiger partial charge on any atom is 0.269 e. The third-order valence-corrected chi connectivity index (χ3v) is 5.68. The Bertz CT molecular complexity index is 790. The highest BCUT2D eigenvalue weighted by Gasteiger charge is 2.20. The monoisotopic (exact) mass is 368 g/mol. The van der Waals surface area contributed by atoms with Crippen molar-refractivity contribution >= 4 is 29.4 Å². The number of carbonyl (C=O) groups excluding carboxylic acids is 1. The van der Waals surface area contributed by atoms with Gasteiger partial charge in [0.1, 0.15) is 0 Å². The van der Waals surface area contributed by atoms with Crippen LogP contribution in [0.15, 0.2) is 60.7 Å². The summed E-state index contributed by atoms with van der Waals surface area (Å²) in [7, 11) is 0. The van der Waals surface area contributed by atoms with E-state index >= 15 is 0 Å². The summed E-state index contributed by atoms with van der Waals surface area (Å²) in [6.07, 6.45) is 4.19. The molecule has 6 heteroatoms. The second-order valence-electron chi connectivity index (χ2n) is 6.07. The first-order valence-electron chi connectivity index (χ1n) is 8.51. The average molecular weight is 368 g/mol. The van der Waals surface area contributed by atoms with Crippen molar-refractivity contribution in [3.8, 4) is 0 Å². The summed E-state index contributed by atoms with van der Waals surface area (Å²) in [5.74, 6) is 0.897. The van der Waals surface area contributed by atoms with Crippen LogP contribution in [0.3, 0.4) is 0 Å². The number of nitrogens with zero attached hydrogens (tertiary/aromatic N) is 2. The van der Waals surface area contributed by atoms with Crippen molar-refractivity contribution in [2.75, 3.05) is 18.8 Å². The lowest BCUT2D eigenvalue weighted by molar-refractivity contribution is -0.384. The molecule has 0 bridgehead atoms. The van der Waals surface area contributed by atoms with Crippen molar-refractivity contribution in [3.63, 3.8) is 0 Å². The highest BCUT2D eigenvalue weighted by Crippen LogP contribution is 2.34. The Hall–Kier alpha value is -2.60. The smallest absolute Gasteiger partial charge is 0.269 e. The van der Waals surface area contributed by atoms with E-state index in [2.05, 4.69) is 24.3 Å². The molecule has 26 heavy (non-hydrogen) atoms. The Morgan fingerprint density at radius 3 is 2.54 bits per heavy atom. The number of amides is 1. The van der Waals surface area contributed by atoms with Crippen molar-refractivity contribution in [1.29, 1.82) is 0 Å². The third kappa shape index (κ3) is 4.73. The Morgan fingerprint density at radius 1 is 1.12 bits per heavy atom. The molecule has 1 amide bonds. The van der Waals surface area contributed by atoms with Crippen LogP contribution in [0.5, 0.6) is 0 Å². The molecule has 134 valence electrons. The van der Waals surface area contributed by atoms with Crippen LogP contribution in [0.1, 0.15) is 22.8 Å². The van der Waals surface area contributed by atoms with Gasteiger partial charge in [0.25, 0.3) is 5.69 Å². The minimum Gasteiger partial charge on any atom is -0.338 e. The van der Waals surface area contributed by atoms with Gasteiger partial charge in [0.05, 0.1) is 4.92 Å². The maximum atomic E-state index is 12.5. The number of hydrogen-bond donors (Lipinski definition) is 0. The molecule has 3 rings (SSSR count). The first-order chi connectivity index (χ1) is 12.6. The van der Waals surface area contributed by atoms with Gasteiger partial charge in [0.2, 0.25) is 5.91 Å². The minimum atomic E-state index is -0.434. The lowest BCUT2D eigenvalue weighted by Crippen LogP contribution is -2.31. The molecule has 1 saturated heterocycles. The van der Waals surface area contributed by atoms with Crippen LogP contribution in [0, 0.1) is 10.1 Å². The minimum absolute atomic E-state index is 0.0161. The zero-order valence-electron chi connectivity index (χ0n) is 14.3. The normalized spacial score (nSPS) is 17.8. The molecule has 0 N–H and O–H groups in total. The first kappa shape index (κ1) is 18.2. The maximum absolute atomic E-state index is 12.5. The van der Waals surface area contributed by atoms with Gasteiger partial charge in [-0.3, -0.25) is 14.9 Å². The molecule has 0 spiro atoms. The Kier molecular flexibility index (Phi) is 6.07. The van der Waals surface area contributed by atoms with Gasteiger partial charge in [0, 0.05) is 42.3 Å². The van der Waals surface area contributed by atoms with E-state index in [4.69, 9.17) is 0 Å². The molecule has 0 aromatic heterocycles. The van der Waals surface area contributed by atoms with E-state index in [1.807, 2.05) is 22.7 Å². The molecule has 1 aliphatic heterocycles. The second kappa shape index (κ2) is 8.67. The fraction of sp³-hybridized carbons (Fsp3) is 0.250. The Labute approximate surface area is 156 Å². The van der Waals surface area contributed by atoms with Crippen molar-refractivity contribution in [1.82, 2.24) is 4.90 Å². The number of hydrogen-bond acceptors (Lipinski definition) is 4. The standard InChI is InChI=1S/C20H20N2O3S/c23-20(11-8-16-6-9-18(10-7-16)22(24)25)21-13-12-19(26-15-14-21)17-4-2-1-3-5-17/h1-11,19H,12-15H2/b11-8+. The molecule has 2 aromatic carbocycles. The third-order valence-electron chi connectivity index (χ3n) is 4.35. The van der Waals surface area contributed by atoms with E-state index in [0.717, 1.165) is 30.8 Å². The molecule has 0 radical (unpaired) electrons. The number of nitro groups is 1. The summed E-state index contributed by atoms with van der Waals surface area (Å²) >= 11 is 1.90. The predicted octanol–water partition coefficient (Wildman–Crippen LogP) is 4.31. The molecule has 1 atom stereocenters. The van der Waals surface area contributed by atoms with E-state index in [1.165, 1.54) is 17.7 Å². The molecule has 5 nitrogen and oxygen atoms in total. The summed E-state index contributed by atoms with van der Waals surface area (Å²) in [4.78, 5) is 24.6. The molecule has 1 fully saturated rings. The van der Waals surface area contributed by atoms with E-state index < -0.39 is 4.92 Å². The lowest BCUT2D eigenvalue weighted by Gasteiger charge is -2.18. The average Bonchev–Trinajstić information content (AvgIpc) is 2.93. The summed E-state index contributed by atoms with van der Waals surface area (Å²) < 4.78 is 0. The first-order valence-corrected chi connectivity index (χ1v) is 9.56. The van der Waals surface area contributed by atoms with Crippen LogP contribution < -0.4 is 0 Å². The molecule has 1 unspecified atom stereocenters. The molecule has 1 heterocycles. The number of carbonyl (C=O) groups is 1. The summed E-state index contributed by atoms with van der Waals surface area (Å²) in [5.41, 5.74) is 2.13. The molecule has 2 aromatic rings. The Balaban J connectivity index is 1.58. The van der Waals surface area contributed by atoms with Gasteiger partial charge in [0.15, 0.2) is 0 Å². The molecule has 0 saturated carbocycles. The van der Waals surface area contributed by atoms with E-state index in [9.17, 15) is 14.9 Å². The van der Waals surface area contributed by atoms with Crippen molar-refractivity contribution in [2.24, 2.45) is 0 Å². The fourth-order valence-corrected chi connectivity index (χ4v) is 4.14. The molecular formula is C20H20N2O3S. The zero-order chi connectivity index (χ0) is 18.4. The summed E-state index contributed by atoms with van der Waals surface area (Å²) in [5, 5.41) is 11.1. The van der Waals surface area contributed by atoms with Gasteiger partial charge in [-0.15, -0.1) is 0 Å². The number of non-ortho nitro benzene ring substituents is 1. The SMILES string of the molecule is O=C(/C=C/c1ccc([N+](=O)[O-])cc1)N1CCSC(c2ccccc2)CC1. The van der Waals surface area contributed by atoms with Crippen LogP contribution in [0.2, 0.25) is 0 Å². The quantitative estimate of drug-likeness (QED) is 0.458. The highest BCUT2D eigenvalue weighted by atomic mass is 32.2. The van der Waals surface area contributed by atoms with Gasteiger partial charge >= 0.3 is 0 Å². The van der Waals surface area contributed by atoms with E-state index in [1.54, 1.807) is 24.3 Å².